The Hall–Kier alpha value is -1.03. The predicted octanol–water partition coefficient (Wildman–Crippen LogP) is 2.55. The van der Waals surface area contributed by atoms with Crippen LogP contribution in [0.4, 0.5) is 13.2 Å². The molecule has 1 aromatic carbocycles. The largest absolute Gasteiger partial charge is 0.388 e. The van der Waals surface area contributed by atoms with Gasteiger partial charge < -0.3 is 5.11 Å². The summed E-state index contributed by atoms with van der Waals surface area (Å²) in [6.07, 6.45) is -0.836. The Balaban J connectivity index is 3.15. The third-order valence-corrected chi connectivity index (χ3v) is 1.79. The van der Waals surface area contributed by atoms with E-state index in [4.69, 9.17) is 0 Å². The van der Waals surface area contributed by atoms with Gasteiger partial charge >= 0.3 is 0 Å². The molecule has 0 aliphatic rings. The van der Waals surface area contributed by atoms with Gasteiger partial charge in [0.25, 0.3) is 0 Å². The lowest BCUT2D eigenvalue weighted by atomic mass is 10.1. The first-order chi connectivity index (χ1) is 6.06. The molecule has 1 N–H and O–H groups in total. The normalized spacial score (nSPS) is 13.0. The van der Waals surface area contributed by atoms with Crippen molar-refractivity contribution in [1.82, 2.24) is 0 Å². The highest BCUT2D eigenvalue weighted by Crippen LogP contribution is 2.22. The van der Waals surface area contributed by atoms with Gasteiger partial charge in [-0.05, 0) is 12.5 Å². The van der Waals surface area contributed by atoms with Gasteiger partial charge in [0.1, 0.15) is 5.82 Å². The van der Waals surface area contributed by atoms with Crippen molar-refractivity contribution in [3.05, 3.63) is 35.1 Å². The molecule has 72 valence electrons. The minimum atomic E-state index is -1.25. The number of hydrogen-bond donors (Lipinski definition) is 1. The molecule has 0 fully saturated rings. The maximum atomic E-state index is 12.9. The van der Waals surface area contributed by atoms with Crippen LogP contribution in [0.2, 0.25) is 0 Å². The number of aliphatic hydroxyl groups excluding tert-OH is 1. The number of halogens is 3. The molecular weight excluding hydrogens is 181 g/mol. The summed E-state index contributed by atoms with van der Waals surface area (Å²) < 4.78 is 37.9. The maximum absolute atomic E-state index is 12.9. The van der Waals surface area contributed by atoms with Gasteiger partial charge in [-0.1, -0.05) is 6.92 Å². The van der Waals surface area contributed by atoms with E-state index < -0.39 is 23.6 Å². The summed E-state index contributed by atoms with van der Waals surface area (Å²) >= 11 is 0. The molecule has 0 saturated heterocycles. The number of aliphatic hydroxyl groups is 1. The lowest BCUT2D eigenvalue weighted by Gasteiger charge is -2.09. The van der Waals surface area contributed by atoms with Crippen LogP contribution < -0.4 is 0 Å². The van der Waals surface area contributed by atoms with Crippen molar-refractivity contribution in [2.45, 2.75) is 19.4 Å². The average molecular weight is 190 g/mol. The fourth-order valence-corrected chi connectivity index (χ4v) is 1.01. The van der Waals surface area contributed by atoms with E-state index >= 15 is 0 Å². The highest BCUT2D eigenvalue weighted by molar-refractivity contribution is 5.22. The summed E-state index contributed by atoms with van der Waals surface area (Å²) in [5, 5.41) is 9.20. The van der Waals surface area contributed by atoms with Crippen molar-refractivity contribution in [1.29, 1.82) is 0 Å². The Morgan fingerprint density at radius 1 is 1.15 bits per heavy atom. The molecule has 0 amide bonds. The fourth-order valence-electron chi connectivity index (χ4n) is 1.01. The Morgan fingerprint density at radius 2 is 1.69 bits per heavy atom. The van der Waals surface area contributed by atoms with Gasteiger partial charge in [-0.2, -0.15) is 0 Å². The van der Waals surface area contributed by atoms with Crippen LogP contribution in [-0.4, -0.2) is 5.11 Å². The van der Waals surface area contributed by atoms with Gasteiger partial charge in [0.2, 0.25) is 0 Å². The molecule has 0 aliphatic heterocycles. The fraction of sp³-hybridized carbons (Fsp3) is 0.333. The van der Waals surface area contributed by atoms with Crippen LogP contribution in [0.5, 0.6) is 0 Å². The lowest BCUT2D eigenvalue weighted by Crippen LogP contribution is -2.01. The molecule has 13 heavy (non-hydrogen) atoms. The van der Waals surface area contributed by atoms with Gasteiger partial charge in [-0.15, -0.1) is 0 Å². The molecule has 0 aromatic heterocycles. The summed E-state index contributed by atoms with van der Waals surface area (Å²) in [6, 6.07) is 1.11. The first kappa shape index (κ1) is 10.1. The molecule has 0 radical (unpaired) electrons. The summed E-state index contributed by atoms with van der Waals surface area (Å²) in [5.41, 5.74) is -0.207. The zero-order chi connectivity index (χ0) is 10.0. The third-order valence-electron chi connectivity index (χ3n) is 1.79. The molecule has 0 heterocycles. The van der Waals surface area contributed by atoms with Crippen molar-refractivity contribution in [2.75, 3.05) is 0 Å². The smallest absolute Gasteiger partial charge is 0.161 e. The van der Waals surface area contributed by atoms with Crippen LogP contribution in [-0.2, 0) is 0 Å². The SMILES string of the molecule is CCC(O)c1cc(F)c(F)cc1F. The summed E-state index contributed by atoms with van der Waals surface area (Å²) in [6.45, 7) is 1.62. The van der Waals surface area contributed by atoms with Gasteiger partial charge in [0.05, 0.1) is 6.10 Å². The van der Waals surface area contributed by atoms with Crippen molar-refractivity contribution >= 4 is 0 Å². The molecule has 4 heteroatoms. The Kier molecular flexibility index (Phi) is 2.93. The Bertz CT molecular complexity index is 312. The molecule has 1 rings (SSSR count). The van der Waals surface area contributed by atoms with Crippen LogP contribution in [0.25, 0.3) is 0 Å². The van der Waals surface area contributed by atoms with Crippen molar-refractivity contribution in [3.63, 3.8) is 0 Å². The zero-order valence-corrected chi connectivity index (χ0v) is 7.02. The second-order valence-corrected chi connectivity index (χ2v) is 2.71. The topological polar surface area (TPSA) is 20.2 Å². The molecule has 1 aromatic rings. The zero-order valence-electron chi connectivity index (χ0n) is 7.02. The monoisotopic (exact) mass is 190 g/mol. The minimum absolute atomic E-state index is 0.207. The second kappa shape index (κ2) is 3.79. The number of benzene rings is 1. The van der Waals surface area contributed by atoms with Crippen LogP contribution in [0.1, 0.15) is 25.0 Å². The van der Waals surface area contributed by atoms with E-state index in [2.05, 4.69) is 0 Å². The van der Waals surface area contributed by atoms with Crippen molar-refractivity contribution in [3.8, 4) is 0 Å². The van der Waals surface area contributed by atoms with E-state index in [0.29, 0.717) is 12.1 Å². The maximum Gasteiger partial charge on any atom is 0.161 e. The van der Waals surface area contributed by atoms with Crippen LogP contribution in [0.3, 0.4) is 0 Å². The standard InChI is InChI=1S/C9H9F3O/c1-2-9(13)5-3-7(11)8(12)4-6(5)10/h3-4,9,13H,2H2,1H3. The van der Waals surface area contributed by atoms with Crippen molar-refractivity contribution < 1.29 is 18.3 Å². The molecule has 0 spiro atoms. The summed E-state index contributed by atoms with van der Waals surface area (Å²) in [4.78, 5) is 0. The van der Waals surface area contributed by atoms with E-state index in [1.54, 1.807) is 6.92 Å². The van der Waals surface area contributed by atoms with E-state index in [0.717, 1.165) is 0 Å². The molecule has 0 bridgehead atoms. The molecule has 0 saturated carbocycles. The van der Waals surface area contributed by atoms with E-state index in [1.807, 2.05) is 0 Å². The molecule has 0 aliphatic carbocycles. The van der Waals surface area contributed by atoms with E-state index in [1.165, 1.54) is 0 Å². The number of hydrogen-bond acceptors (Lipinski definition) is 1. The molecule has 1 nitrogen and oxygen atoms in total. The first-order valence-corrected chi connectivity index (χ1v) is 3.88. The first-order valence-electron chi connectivity index (χ1n) is 3.88. The highest BCUT2D eigenvalue weighted by Gasteiger charge is 2.14. The van der Waals surface area contributed by atoms with Crippen LogP contribution in [0, 0.1) is 17.5 Å². The van der Waals surface area contributed by atoms with Crippen LogP contribution in [0.15, 0.2) is 12.1 Å². The predicted molar refractivity (Wildman–Crippen MR) is 41.6 cm³/mol. The van der Waals surface area contributed by atoms with Gasteiger partial charge in [0.15, 0.2) is 11.6 Å². The van der Waals surface area contributed by atoms with E-state index in [-0.39, 0.29) is 12.0 Å². The average Bonchev–Trinajstić information content (AvgIpc) is 2.10. The number of rotatable bonds is 2. The van der Waals surface area contributed by atoms with Crippen molar-refractivity contribution in [2.24, 2.45) is 0 Å². The lowest BCUT2D eigenvalue weighted by molar-refractivity contribution is 0.168. The second-order valence-electron chi connectivity index (χ2n) is 2.71. The molecular formula is C9H9F3O. The summed E-state index contributed by atoms with van der Waals surface area (Å²) in [7, 11) is 0. The van der Waals surface area contributed by atoms with E-state index in [9.17, 15) is 18.3 Å². The van der Waals surface area contributed by atoms with Gasteiger partial charge in [-0.3, -0.25) is 0 Å². The van der Waals surface area contributed by atoms with Gasteiger partial charge in [0, 0.05) is 11.6 Å². The molecule has 1 atom stereocenters. The third kappa shape index (κ3) is 2.01. The van der Waals surface area contributed by atoms with Crippen LogP contribution >= 0.6 is 0 Å². The van der Waals surface area contributed by atoms with Gasteiger partial charge in [-0.25, -0.2) is 13.2 Å². The quantitative estimate of drug-likeness (QED) is 0.710. The molecule has 1 unspecified atom stereocenters. The Labute approximate surface area is 73.8 Å². The Morgan fingerprint density at radius 3 is 2.23 bits per heavy atom. The highest BCUT2D eigenvalue weighted by atomic mass is 19.2. The minimum Gasteiger partial charge on any atom is -0.388 e. The summed E-state index contributed by atoms with van der Waals surface area (Å²) in [5.74, 6) is -3.32.